The lowest BCUT2D eigenvalue weighted by Crippen LogP contribution is -2.14. The van der Waals surface area contributed by atoms with Gasteiger partial charge in [-0.05, 0) is 51.1 Å². The van der Waals surface area contributed by atoms with Crippen molar-refractivity contribution in [1.29, 1.82) is 0 Å². The Bertz CT molecular complexity index is 644. The molecule has 1 heterocycles. The second-order valence-electron chi connectivity index (χ2n) is 4.87. The number of carbonyl (C=O) groups is 2. The molecule has 1 aromatic carbocycles. The summed E-state index contributed by atoms with van der Waals surface area (Å²) in [4.78, 5) is 23.5. The van der Waals surface area contributed by atoms with Gasteiger partial charge in [0.15, 0.2) is 11.5 Å². The first kappa shape index (κ1) is 14.8. The monoisotopic (exact) mass is 287 g/mol. The molecule has 0 radical (unpaired) electrons. The molecule has 0 atom stereocenters. The second kappa shape index (κ2) is 6.26. The highest BCUT2D eigenvalue weighted by molar-refractivity contribution is 6.04. The molecule has 0 saturated carbocycles. The zero-order valence-electron chi connectivity index (χ0n) is 12.2. The molecule has 110 valence electrons. The van der Waals surface area contributed by atoms with Gasteiger partial charge in [0.25, 0.3) is 5.91 Å². The summed E-state index contributed by atoms with van der Waals surface area (Å²) in [5, 5.41) is 2.70. The largest absolute Gasteiger partial charge is 0.489 e. The number of anilines is 1. The third-order valence-corrected chi connectivity index (χ3v) is 2.74. The highest BCUT2D eigenvalue weighted by atomic mass is 16.5. The van der Waals surface area contributed by atoms with E-state index in [1.807, 2.05) is 13.8 Å². The van der Waals surface area contributed by atoms with Crippen LogP contribution in [-0.2, 0) is 0 Å². The van der Waals surface area contributed by atoms with Gasteiger partial charge >= 0.3 is 0 Å². The van der Waals surface area contributed by atoms with Crippen LogP contribution in [0.1, 0.15) is 41.7 Å². The maximum Gasteiger partial charge on any atom is 0.291 e. The van der Waals surface area contributed by atoms with Crippen LogP contribution in [-0.4, -0.2) is 17.8 Å². The molecule has 0 unspecified atom stereocenters. The summed E-state index contributed by atoms with van der Waals surface area (Å²) in [6, 6.07) is 8.14. The molecule has 2 aromatic rings. The summed E-state index contributed by atoms with van der Waals surface area (Å²) >= 11 is 0. The fraction of sp³-hybridized carbons (Fsp3) is 0.250. The van der Waals surface area contributed by atoms with E-state index in [0.717, 1.165) is 0 Å². The standard InChI is InChI=1S/C16H17NO4/c1-10(2)21-14-7-6-12(11(3)18)9-13(14)17-16(19)15-5-4-8-20-15/h4-10H,1-3H3,(H,17,19). The number of Topliss-reactive ketones (excluding diaryl/α,β-unsaturated/α-hetero) is 1. The highest BCUT2D eigenvalue weighted by Gasteiger charge is 2.14. The van der Waals surface area contributed by atoms with E-state index < -0.39 is 5.91 Å². The van der Waals surface area contributed by atoms with Crippen LogP contribution in [0.5, 0.6) is 5.75 Å². The molecular formula is C16H17NO4. The SMILES string of the molecule is CC(=O)c1ccc(OC(C)C)c(NC(=O)c2ccco2)c1. The van der Waals surface area contributed by atoms with Crippen molar-refractivity contribution in [2.75, 3.05) is 5.32 Å². The molecule has 0 aliphatic rings. The molecule has 0 aliphatic carbocycles. The predicted molar refractivity (Wildman–Crippen MR) is 78.9 cm³/mol. The third kappa shape index (κ3) is 3.72. The molecule has 0 fully saturated rings. The van der Waals surface area contributed by atoms with E-state index in [9.17, 15) is 9.59 Å². The Morgan fingerprint density at radius 3 is 2.57 bits per heavy atom. The number of ether oxygens (including phenoxy) is 1. The van der Waals surface area contributed by atoms with E-state index in [-0.39, 0.29) is 17.6 Å². The van der Waals surface area contributed by atoms with Crippen LogP contribution in [0.2, 0.25) is 0 Å². The van der Waals surface area contributed by atoms with Crippen molar-refractivity contribution in [3.63, 3.8) is 0 Å². The summed E-state index contributed by atoms with van der Waals surface area (Å²) in [5.41, 5.74) is 0.943. The van der Waals surface area contributed by atoms with E-state index in [1.165, 1.54) is 13.2 Å². The normalized spacial score (nSPS) is 10.5. The minimum absolute atomic E-state index is 0.0487. The zero-order chi connectivity index (χ0) is 15.4. The Morgan fingerprint density at radius 2 is 2.00 bits per heavy atom. The molecule has 0 aliphatic heterocycles. The van der Waals surface area contributed by atoms with Gasteiger partial charge in [-0.2, -0.15) is 0 Å². The maximum atomic E-state index is 12.0. The van der Waals surface area contributed by atoms with Gasteiger partial charge < -0.3 is 14.5 Å². The van der Waals surface area contributed by atoms with Crippen molar-refractivity contribution in [2.24, 2.45) is 0 Å². The molecule has 0 bridgehead atoms. The van der Waals surface area contributed by atoms with Gasteiger partial charge in [0.05, 0.1) is 18.1 Å². The molecule has 0 spiro atoms. The fourth-order valence-electron chi connectivity index (χ4n) is 1.80. The lowest BCUT2D eigenvalue weighted by Gasteiger charge is -2.15. The highest BCUT2D eigenvalue weighted by Crippen LogP contribution is 2.27. The van der Waals surface area contributed by atoms with E-state index in [2.05, 4.69) is 5.32 Å². The Labute approximate surface area is 122 Å². The molecule has 1 aromatic heterocycles. The Kier molecular flexibility index (Phi) is 4.42. The van der Waals surface area contributed by atoms with Crippen molar-refractivity contribution in [3.8, 4) is 5.75 Å². The summed E-state index contributed by atoms with van der Waals surface area (Å²) in [6.45, 7) is 5.24. The van der Waals surface area contributed by atoms with E-state index in [4.69, 9.17) is 9.15 Å². The number of furan rings is 1. The molecule has 5 heteroatoms. The van der Waals surface area contributed by atoms with E-state index >= 15 is 0 Å². The first-order valence-corrected chi connectivity index (χ1v) is 6.64. The molecule has 2 rings (SSSR count). The average Bonchev–Trinajstić information content (AvgIpc) is 2.93. The lowest BCUT2D eigenvalue weighted by atomic mass is 10.1. The number of carbonyl (C=O) groups excluding carboxylic acids is 2. The minimum Gasteiger partial charge on any atom is -0.489 e. The summed E-state index contributed by atoms with van der Waals surface area (Å²) in [5.74, 6) is 0.225. The Balaban J connectivity index is 2.31. The number of hydrogen-bond donors (Lipinski definition) is 1. The van der Waals surface area contributed by atoms with Gasteiger partial charge in [-0.15, -0.1) is 0 Å². The summed E-state index contributed by atoms with van der Waals surface area (Å²) in [7, 11) is 0. The maximum absolute atomic E-state index is 12.0. The van der Waals surface area contributed by atoms with E-state index in [0.29, 0.717) is 17.0 Å². The van der Waals surface area contributed by atoms with Crippen molar-refractivity contribution in [2.45, 2.75) is 26.9 Å². The summed E-state index contributed by atoms with van der Waals surface area (Å²) in [6.07, 6.45) is 1.37. The van der Waals surface area contributed by atoms with Gasteiger partial charge in [-0.1, -0.05) is 0 Å². The van der Waals surface area contributed by atoms with Gasteiger partial charge in [0, 0.05) is 5.56 Å². The molecular weight excluding hydrogens is 270 g/mol. The minimum atomic E-state index is -0.394. The molecule has 21 heavy (non-hydrogen) atoms. The first-order chi connectivity index (χ1) is 9.97. The van der Waals surface area contributed by atoms with Crippen LogP contribution in [0, 0.1) is 0 Å². The quantitative estimate of drug-likeness (QED) is 0.854. The zero-order valence-corrected chi connectivity index (χ0v) is 12.2. The van der Waals surface area contributed by atoms with Crippen LogP contribution in [0.15, 0.2) is 41.0 Å². The first-order valence-electron chi connectivity index (χ1n) is 6.64. The molecule has 1 N–H and O–H groups in total. The van der Waals surface area contributed by atoms with Crippen LogP contribution in [0.4, 0.5) is 5.69 Å². The Morgan fingerprint density at radius 1 is 1.24 bits per heavy atom. The fourth-order valence-corrected chi connectivity index (χ4v) is 1.80. The number of amides is 1. The molecule has 0 saturated heterocycles. The topological polar surface area (TPSA) is 68.5 Å². The number of nitrogens with one attached hydrogen (secondary N) is 1. The van der Waals surface area contributed by atoms with Crippen LogP contribution in [0.25, 0.3) is 0 Å². The Hall–Kier alpha value is -2.56. The van der Waals surface area contributed by atoms with Crippen molar-refractivity contribution < 1.29 is 18.7 Å². The predicted octanol–water partition coefficient (Wildman–Crippen LogP) is 3.52. The molecule has 5 nitrogen and oxygen atoms in total. The third-order valence-electron chi connectivity index (χ3n) is 2.74. The van der Waals surface area contributed by atoms with Crippen LogP contribution < -0.4 is 10.1 Å². The van der Waals surface area contributed by atoms with Crippen molar-refractivity contribution in [3.05, 3.63) is 47.9 Å². The van der Waals surface area contributed by atoms with E-state index in [1.54, 1.807) is 30.3 Å². The number of ketones is 1. The van der Waals surface area contributed by atoms with Crippen molar-refractivity contribution >= 4 is 17.4 Å². The van der Waals surface area contributed by atoms with Gasteiger partial charge in [0.1, 0.15) is 5.75 Å². The number of rotatable bonds is 5. The van der Waals surface area contributed by atoms with Crippen LogP contribution in [0.3, 0.4) is 0 Å². The van der Waals surface area contributed by atoms with Crippen LogP contribution >= 0.6 is 0 Å². The summed E-state index contributed by atoms with van der Waals surface area (Å²) < 4.78 is 10.7. The van der Waals surface area contributed by atoms with Gasteiger partial charge in [0.2, 0.25) is 0 Å². The van der Waals surface area contributed by atoms with Crippen molar-refractivity contribution in [1.82, 2.24) is 0 Å². The lowest BCUT2D eigenvalue weighted by molar-refractivity contribution is 0.0991. The number of hydrogen-bond acceptors (Lipinski definition) is 4. The smallest absolute Gasteiger partial charge is 0.291 e. The molecule has 1 amide bonds. The van der Waals surface area contributed by atoms with Gasteiger partial charge in [-0.25, -0.2) is 0 Å². The second-order valence-corrected chi connectivity index (χ2v) is 4.87. The number of benzene rings is 1. The van der Waals surface area contributed by atoms with Gasteiger partial charge in [-0.3, -0.25) is 9.59 Å². The average molecular weight is 287 g/mol.